The van der Waals surface area contributed by atoms with Gasteiger partial charge in [0, 0.05) is 30.4 Å². The summed E-state index contributed by atoms with van der Waals surface area (Å²) in [7, 11) is 0. The van der Waals surface area contributed by atoms with Crippen LogP contribution in [0.3, 0.4) is 0 Å². The average molecular weight is 503 g/mol. The van der Waals surface area contributed by atoms with Crippen molar-refractivity contribution < 1.29 is 22.7 Å². The number of nitrogens with one attached hydrogen (secondary N) is 2. The summed E-state index contributed by atoms with van der Waals surface area (Å²) in [6, 6.07) is 8.01. The first-order valence-corrected chi connectivity index (χ1v) is 11.9. The minimum atomic E-state index is -4.63. The Balaban J connectivity index is 1.57. The summed E-state index contributed by atoms with van der Waals surface area (Å²) in [5.74, 6) is 0.126. The summed E-state index contributed by atoms with van der Waals surface area (Å²) >= 11 is 0. The summed E-state index contributed by atoms with van der Waals surface area (Å²) in [5, 5.41) is 3.14. The Labute approximate surface area is 206 Å². The molecule has 0 aliphatic carbocycles. The van der Waals surface area contributed by atoms with Crippen molar-refractivity contribution in [1.82, 2.24) is 14.9 Å². The lowest BCUT2D eigenvalue weighted by atomic mass is 9.98. The van der Waals surface area contributed by atoms with E-state index in [1.807, 2.05) is 13.8 Å². The van der Waals surface area contributed by atoms with Gasteiger partial charge in [0.15, 0.2) is 0 Å². The van der Waals surface area contributed by atoms with E-state index in [1.165, 1.54) is 13.0 Å². The number of anilines is 1. The highest BCUT2D eigenvalue weighted by Gasteiger charge is 2.35. The maximum atomic E-state index is 13.9. The van der Waals surface area contributed by atoms with Gasteiger partial charge in [0.2, 0.25) is 0 Å². The number of ether oxygens (including phenoxy) is 1. The molecule has 1 fully saturated rings. The third-order valence-electron chi connectivity index (χ3n) is 6.32. The van der Waals surface area contributed by atoms with Crippen LogP contribution in [-0.4, -0.2) is 46.1 Å². The molecule has 1 aromatic heterocycles. The van der Waals surface area contributed by atoms with E-state index < -0.39 is 23.3 Å². The van der Waals surface area contributed by atoms with Crippen molar-refractivity contribution in [2.24, 2.45) is 0 Å². The van der Waals surface area contributed by atoms with Crippen LogP contribution in [-0.2, 0) is 10.9 Å². The van der Waals surface area contributed by atoms with Gasteiger partial charge in [-0.15, -0.1) is 0 Å². The Morgan fingerprint density at radius 1 is 1.19 bits per heavy atom. The van der Waals surface area contributed by atoms with Gasteiger partial charge in [-0.25, -0.2) is 4.98 Å². The molecule has 0 bridgehead atoms. The van der Waals surface area contributed by atoms with Gasteiger partial charge in [0.25, 0.3) is 11.5 Å². The molecule has 2 heterocycles. The number of aromatic amines is 1. The molecule has 7 nitrogen and oxygen atoms in total. The lowest BCUT2D eigenvalue weighted by Crippen LogP contribution is -2.35. The molecule has 192 valence electrons. The molecule has 2 N–H and O–H groups in total. The maximum absolute atomic E-state index is 13.9. The zero-order valence-corrected chi connectivity index (χ0v) is 20.6. The monoisotopic (exact) mass is 502 g/mol. The lowest BCUT2D eigenvalue weighted by molar-refractivity contribution is -0.138. The van der Waals surface area contributed by atoms with Crippen LogP contribution in [0.2, 0.25) is 0 Å². The normalized spacial score (nSPS) is 19.7. The number of halogens is 3. The third kappa shape index (κ3) is 5.53. The van der Waals surface area contributed by atoms with E-state index in [9.17, 15) is 22.8 Å². The SMILES string of the molecule is Cc1nc2cc(C(F)(F)F)c([C@H](C)Nc3ccc(C(=O)N4CCC(C)OC(C)C4)cc3)cc2c(=O)[nH]1. The number of amides is 1. The number of hydrogen-bond donors (Lipinski definition) is 2. The fraction of sp³-hybridized carbons (Fsp3) is 0.423. The zero-order chi connectivity index (χ0) is 26.2. The molecule has 36 heavy (non-hydrogen) atoms. The summed E-state index contributed by atoms with van der Waals surface area (Å²) in [6.45, 7) is 8.11. The number of carbonyl (C=O) groups is 1. The Hall–Kier alpha value is -3.40. The molecule has 0 saturated carbocycles. The molecule has 1 aliphatic heterocycles. The number of aromatic nitrogens is 2. The second-order valence-electron chi connectivity index (χ2n) is 9.35. The predicted octanol–water partition coefficient (Wildman–Crippen LogP) is 5.06. The number of fused-ring (bicyclic) bond motifs is 1. The predicted molar refractivity (Wildman–Crippen MR) is 131 cm³/mol. The number of rotatable bonds is 4. The molecule has 3 aromatic rings. The van der Waals surface area contributed by atoms with Gasteiger partial charge in [0.1, 0.15) is 5.82 Å². The highest BCUT2D eigenvalue weighted by Crippen LogP contribution is 2.37. The van der Waals surface area contributed by atoms with Crippen LogP contribution >= 0.6 is 0 Å². The first-order chi connectivity index (χ1) is 16.9. The van der Waals surface area contributed by atoms with E-state index in [-0.39, 0.29) is 40.4 Å². The first-order valence-electron chi connectivity index (χ1n) is 11.9. The van der Waals surface area contributed by atoms with Gasteiger partial charge in [-0.2, -0.15) is 13.2 Å². The Morgan fingerprint density at radius 2 is 1.89 bits per heavy atom. The number of benzene rings is 2. The van der Waals surface area contributed by atoms with Crippen molar-refractivity contribution in [3.8, 4) is 0 Å². The molecule has 1 aliphatic rings. The summed E-state index contributed by atoms with van der Waals surface area (Å²) in [6.07, 6.45) is -3.86. The van der Waals surface area contributed by atoms with Crippen LogP contribution < -0.4 is 10.9 Å². The van der Waals surface area contributed by atoms with Crippen molar-refractivity contribution in [1.29, 1.82) is 0 Å². The van der Waals surface area contributed by atoms with Crippen molar-refractivity contribution >= 4 is 22.5 Å². The fourth-order valence-corrected chi connectivity index (χ4v) is 4.57. The standard InChI is InChI=1S/C26H29F3N4O3/c1-14-9-10-33(13-15(2)36-14)25(35)18-5-7-19(8-6-18)30-16(3)20-11-21-23(12-22(20)26(27,28)29)31-17(4)32-24(21)34/h5-8,11-12,14-16,30H,9-10,13H2,1-4H3,(H,31,32,34)/t14?,15?,16-/m0/s1. The van der Waals surface area contributed by atoms with Crippen LogP contribution in [0.25, 0.3) is 10.9 Å². The molecule has 0 radical (unpaired) electrons. The smallest absolute Gasteiger partial charge is 0.379 e. The second kappa shape index (κ2) is 9.93. The third-order valence-corrected chi connectivity index (χ3v) is 6.32. The van der Waals surface area contributed by atoms with Gasteiger partial charge in [-0.3, -0.25) is 9.59 Å². The van der Waals surface area contributed by atoms with Crippen molar-refractivity contribution in [2.75, 3.05) is 18.4 Å². The van der Waals surface area contributed by atoms with E-state index in [1.54, 1.807) is 36.1 Å². The van der Waals surface area contributed by atoms with E-state index in [0.717, 1.165) is 12.5 Å². The number of hydrogen-bond acceptors (Lipinski definition) is 5. The van der Waals surface area contributed by atoms with E-state index >= 15 is 0 Å². The fourth-order valence-electron chi connectivity index (χ4n) is 4.57. The van der Waals surface area contributed by atoms with Gasteiger partial charge in [-0.1, -0.05) is 0 Å². The zero-order valence-electron chi connectivity index (χ0n) is 20.6. The largest absolute Gasteiger partial charge is 0.416 e. The quantitative estimate of drug-likeness (QED) is 0.521. The molecule has 3 atom stereocenters. The van der Waals surface area contributed by atoms with Gasteiger partial charge in [0.05, 0.1) is 28.7 Å². The molecular weight excluding hydrogens is 473 g/mol. The average Bonchev–Trinajstić information content (AvgIpc) is 2.97. The van der Waals surface area contributed by atoms with Crippen LogP contribution in [0.15, 0.2) is 41.2 Å². The van der Waals surface area contributed by atoms with Crippen molar-refractivity contribution in [2.45, 2.75) is 58.5 Å². The van der Waals surface area contributed by atoms with Crippen molar-refractivity contribution in [3.05, 3.63) is 69.3 Å². The minimum absolute atomic E-state index is 0.00925. The van der Waals surface area contributed by atoms with Gasteiger partial charge < -0.3 is 19.9 Å². The molecule has 4 rings (SSSR count). The van der Waals surface area contributed by atoms with Crippen LogP contribution in [0.1, 0.15) is 60.5 Å². The highest BCUT2D eigenvalue weighted by molar-refractivity contribution is 5.94. The topological polar surface area (TPSA) is 87.3 Å². The second-order valence-corrected chi connectivity index (χ2v) is 9.35. The highest BCUT2D eigenvalue weighted by atomic mass is 19.4. The summed E-state index contributed by atoms with van der Waals surface area (Å²) < 4.78 is 47.4. The Morgan fingerprint density at radius 3 is 2.56 bits per heavy atom. The lowest BCUT2D eigenvalue weighted by Gasteiger charge is -2.23. The van der Waals surface area contributed by atoms with Crippen LogP contribution in [0.4, 0.5) is 18.9 Å². The summed E-state index contributed by atoms with van der Waals surface area (Å²) in [4.78, 5) is 33.7. The number of nitrogens with zero attached hydrogens (tertiary/aromatic N) is 2. The van der Waals surface area contributed by atoms with E-state index in [4.69, 9.17) is 4.74 Å². The maximum Gasteiger partial charge on any atom is 0.416 e. The van der Waals surface area contributed by atoms with E-state index in [0.29, 0.717) is 24.3 Å². The number of aryl methyl sites for hydroxylation is 1. The summed E-state index contributed by atoms with van der Waals surface area (Å²) in [5.41, 5.74) is -0.394. The van der Waals surface area contributed by atoms with Gasteiger partial charge in [-0.05, 0) is 76.1 Å². The van der Waals surface area contributed by atoms with Crippen LogP contribution in [0, 0.1) is 6.92 Å². The minimum Gasteiger partial charge on any atom is -0.379 e. The number of carbonyl (C=O) groups excluding carboxylic acids is 1. The molecule has 1 amide bonds. The van der Waals surface area contributed by atoms with E-state index in [2.05, 4.69) is 15.3 Å². The molecular formula is C26H29F3N4O3. The molecule has 1 saturated heterocycles. The Kier molecular flexibility index (Phi) is 7.08. The molecule has 0 spiro atoms. The van der Waals surface area contributed by atoms with Gasteiger partial charge >= 0.3 is 6.18 Å². The Bertz CT molecular complexity index is 1320. The molecule has 2 unspecified atom stereocenters. The van der Waals surface area contributed by atoms with Crippen LogP contribution in [0.5, 0.6) is 0 Å². The number of alkyl halides is 3. The van der Waals surface area contributed by atoms with Crippen molar-refractivity contribution in [3.63, 3.8) is 0 Å². The molecule has 2 aromatic carbocycles. The number of H-pyrrole nitrogens is 1. The first kappa shape index (κ1) is 25.7. The molecule has 10 heteroatoms.